The Labute approximate surface area is 383 Å². The Balaban J connectivity index is 1.39. The second kappa shape index (κ2) is 20.1. The number of hydrogen-bond donors (Lipinski definition) is 7. The Morgan fingerprint density at radius 3 is 2.17 bits per heavy atom. The summed E-state index contributed by atoms with van der Waals surface area (Å²) in [6.07, 6.45) is -0.0293. The van der Waals surface area contributed by atoms with Gasteiger partial charge in [0.1, 0.15) is 61.0 Å². The maximum absolute atomic E-state index is 14.7. The summed E-state index contributed by atoms with van der Waals surface area (Å²) >= 11 is 0. The van der Waals surface area contributed by atoms with Gasteiger partial charge in [0.05, 0.1) is 23.0 Å². The molecule has 0 radical (unpaired) electrons. The predicted octanol–water partition coefficient (Wildman–Crippen LogP) is 2.02. The number of carbonyl (C=O) groups excluding carboxylic acids is 5. The van der Waals surface area contributed by atoms with E-state index in [9.17, 15) is 29.1 Å². The molecule has 2 aliphatic rings. The van der Waals surface area contributed by atoms with Gasteiger partial charge in [-0.3, -0.25) is 24.0 Å². The number of nitrogens with zero attached hydrogens (tertiary/aromatic N) is 4. The summed E-state index contributed by atoms with van der Waals surface area (Å²) in [4.78, 5) is 80.9. The number of ether oxygens (including phenoxy) is 2. The van der Waals surface area contributed by atoms with Crippen LogP contribution in [0.5, 0.6) is 11.5 Å². The van der Waals surface area contributed by atoms with E-state index in [4.69, 9.17) is 26.2 Å². The van der Waals surface area contributed by atoms with Crippen LogP contribution in [0, 0.1) is 25.2 Å². The standard InChI is InChI=1S/C48H58N10O8/c1-26-39(27(2)54-41(53-26)30-9-12-32(13-10-30)47(4,5)6)44(61)56-35(16-17-49)46(63)58(7)40-31-11-15-38-34(22-31)33-20-29(8-14-37(33)65-24-48(64,23-51)25-66-38)21-36(43(60)52-19-18-50)57-42(59)28(3)55-45(40)62/h8-15,20,22,28,35-36,40,64H,16-17,19,21,23-25,49,51H2,1-7H3,(H,52,60)(H,55,62)(H,56,61)(H,57,59)/t28-,35-,36-,40-,48?/m0/s1. The van der Waals surface area contributed by atoms with Gasteiger partial charge in [-0.25, -0.2) is 9.97 Å². The lowest BCUT2D eigenvalue weighted by Gasteiger charge is -2.32. The molecule has 4 bridgehead atoms. The van der Waals surface area contributed by atoms with Crippen molar-refractivity contribution in [3.05, 3.63) is 94.3 Å². The Kier molecular flexibility index (Phi) is 14.7. The molecular weight excluding hydrogens is 845 g/mol. The fourth-order valence-electron chi connectivity index (χ4n) is 7.90. The lowest BCUT2D eigenvalue weighted by atomic mass is 9.86. The quantitative estimate of drug-likeness (QED) is 0.112. The number of nitrogens with two attached hydrogens (primary N) is 2. The third-order valence-corrected chi connectivity index (χ3v) is 11.7. The first-order valence-electron chi connectivity index (χ1n) is 21.7. The van der Waals surface area contributed by atoms with E-state index in [2.05, 4.69) is 52.0 Å². The van der Waals surface area contributed by atoms with Crippen LogP contribution < -0.4 is 42.2 Å². The second-order valence-corrected chi connectivity index (χ2v) is 17.8. The average Bonchev–Trinajstić information content (AvgIpc) is 3.33. The van der Waals surface area contributed by atoms with E-state index in [0.29, 0.717) is 39.7 Å². The molecule has 0 saturated heterocycles. The highest BCUT2D eigenvalue weighted by molar-refractivity contribution is 6.00. The molecule has 18 nitrogen and oxygen atoms in total. The Hall–Kier alpha value is -6.94. The molecule has 2 aliphatic heterocycles. The maximum atomic E-state index is 14.7. The smallest absolute Gasteiger partial charge is 0.255 e. The van der Waals surface area contributed by atoms with Gasteiger partial charge in [-0.05, 0) is 80.1 Å². The summed E-state index contributed by atoms with van der Waals surface area (Å²) in [5.74, 6) is -2.38. The molecule has 6 rings (SSSR count). The van der Waals surface area contributed by atoms with Gasteiger partial charge in [-0.2, -0.15) is 5.26 Å². The minimum atomic E-state index is -1.58. The summed E-state index contributed by atoms with van der Waals surface area (Å²) in [6.45, 7) is 10.2. The molecule has 348 valence electrons. The maximum Gasteiger partial charge on any atom is 0.255 e. The number of nitrogens with one attached hydrogen (secondary N) is 4. The molecular formula is C48H58N10O8. The van der Waals surface area contributed by atoms with Crippen molar-refractivity contribution in [2.45, 2.75) is 89.6 Å². The zero-order valence-electron chi connectivity index (χ0n) is 38.3. The van der Waals surface area contributed by atoms with E-state index in [1.54, 1.807) is 50.2 Å². The van der Waals surface area contributed by atoms with Crippen LogP contribution in [0.1, 0.15) is 78.6 Å². The van der Waals surface area contributed by atoms with Crippen molar-refractivity contribution in [3.63, 3.8) is 0 Å². The number of aliphatic hydroxyl groups is 1. The van der Waals surface area contributed by atoms with Crippen LogP contribution in [0.2, 0.25) is 0 Å². The van der Waals surface area contributed by atoms with Crippen LogP contribution in [-0.2, 0) is 31.0 Å². The molecule has 3 aromatic carbocycles. The third kappa shape index (κ3) is 10.8. The van der Waals surface area contributed by atoms with E-state index < -0.39 is 59.3 Å². The molecule has 0 saturated carbocycles. The molecule has 9 N–H and O–H groups in total. The van der Waals surface area contributed by atoms with Crippen LogP contribution in [0.3, 0.4) is 0 Å². The summed E-state index contributed by atoms with van der Waals surface area (Å²) in [6, 6.07) is 14.6. The monoisotopic (exact) mass is 902 g/mol. The van der Waals surface area contributed by atoms with Gasteiger partial charge in [-0.15, -0.1) is 0 Å². The first-order valence-corrected chi connectivity index (χ1v) is 21.7. The van der Waals surface area contributed by atoms with Crippen LogP contribution >= 0.6 is 0 Å². The fraction of sp³-hybridized carbons (Fsp3) is 0.417. The van der Waals surface area contributed by atoms with E-state index in [1.165, 1.54) is 18.9 Å². The molecule has 66 heavy (non-hydrogen) atoms. The van der Waals surface area contributed by atoms with Gasteiger partial charge in [-0.1, -0.05) is 57.2 Å². The van der Waals surface area contributed by atoms with Crippen LogP contribution in [0.15, 0.2) is 60.7 Å². The van der Waals surface area contributed by atoms with Gasteiger partial charge >= 0.3 is 0 Å². The number of hydrogen-bond acceptors (Lipinski definition) is 13. The predicted molar refractivity (Wildman–Crippen MR) is 245 cm³/mol. The minimum absolute atomic E-state index is 0.00980. The zero-order chi connectivity index (χ0) is 48.1. The van der Waals surface area contributed by atoms with E-state index in [-0.39, 0.29) is 68.0 Å². The highest BCUT2D eigenvalue weighted by Crippen LogP contribution is 2.41. The lowest BCUT2D eigenvalue weighted by Crippen LogP contribution is -2.56. The summed E-state index contributed by atoms with van der Waals surface area (Å²) in [7, 11) is 1.40. The first-order chi connectivity index (χ1) is 31.3. The Morgan fingerprint density at radius 2 is 1.58 bits per heavy atom. The molecule has 1 unspecified atom stereocenters. The third-order valence-electron chi connectivity index (χ3n) is 11.7. The molecule has 0 spiro atoms. The van der Waals surface area contributed by atoms with E-state index >= 15 is 0 Å². The zero-order valence-corrected chi connectivity index (χ0v) is 38.3. The van der Waals surface area contributed by atoms with Crippen molar-refractivity contribution >= 4 is 29.5 Å². The number of carbonyl (C=O) groups is 5. The average molecular weight is 903 g/mol. The Bertz CT molecular complexity index is 2530. The molecule has 5 amide bonds. The van der Waals surface area contributed by atoms with Crippen molar-refractivity contribution in [2.24, 2.45) is 11.5 Å². The number of benzene rings is 3. The van der Waals surface area contributed by atoms with Gasteiger partial charge < -0.3 is 52.2 Å². The summed E-state index contributed by atoms with van der Waals surface area (Å²) < 4.78 is 12.3. The SMILES string of the molecule is Cc1nc(-c2ccc(C(C)(C)C)cc2)nc(C)c1C(=O)N[C@@H](CCN)C(=O)N(C)[C@@H]1C(=O)N[C@@H](C)C(=O)N[C@H](C(=O)NCC#N)Cc2ccc3c(c2)-c2cc1ccc2OCC(O)(CN)CO3. The van der Waals surface area contributed by atoms with Crippen LogP contribution in [-0.4, -0.2) is 113 Å². The topological polar surface area (TPSA) is 277 Å². The van der Waals surface area contributed by atoms with Crippen molar-refractivity contribution < 1.29 is 38.6 Å². The molecule has 18 heteroatoms. The molecule has 0 aliphatic carbocycles. The van der Waals surface area contributed by atoms with E-state index in [1.807, 2.05) is 30.3 Å². The van der Waals surface area contributed by atoms with Gasteiger partial charge in [0, 0.05) is 36.7 Å². The second-order valence-electron chi connectivity index (χ2n) is 17.8. The van der Waals surface area contributed by atoms with Gasteiger partial charge in [0.25, 0.3) is 5.91 Å². The Morgan fingerprint density at radius 1 is 0.955 bits per heavy atom. The number of fused-ring (bicyclic) bond motifs is 2. The van der Waals surface area contributed by atoms with E-state index in [0.717, 1.165) is 11.1 Å². The van der Waals surface area contributed by atoms with Crippen molar-refractivity contribution in [3.8, 4) is 40.1 Å². The number of aromatic nitrogens is 2. The molecule has 4 aromatic rings. The molecule has 0 fully saturated rings. The van der Waals surface area contributed by atoms with Crippen molar-refractivity contribution in [1.29, 1.82) is 5.26 Å². The largest absolute Gasteiger partial charge is 0.490 e. The number of amides is 5. The minimum Gasteiger partial charge on any atom is -0.490 e. The number of aryl methyl sites for hydroxylation is 2. The van der Waals surface area contributed by atoms with Gasteiger partial charge in [0.2, 0.25) is 23.6 Å². The summed E-state index contributed by atoms with van der Waals surface area (Å²) in [5, 5.41) is 31.1. The summed E-state index contributed by atoms with van der Waals surface area (Å²) in [5.41, 5.74) is 15.0. The lowest BCUT2D eigenvalue weighted by molar-refractivity contribution is -0.141. The number of rotatable bonds is 10. The number of likely N-dealkylation sites (N-methyl/N-ethyl adjacent to an activating group) is 1. The normalized spacial score (nSPS) is 20.0. The van der Waals surface area contributed by atoms with Crippen LogP contribution in [0.25, 0.3) is 22.5 Å². The highest BCUT2D eigenvalue weighted by Gasteiger charge is 2.37. The fourth-order valence-corrected chi connectivity index (χ4v) is 7.90. The van der Waals surface area contributed by atoms with Gasteiger partial charge in [0.15, 0.2) is 5.82 Å². The molecule has 5 atom stereocenters. The first kappa shape index (κ1) is 48.5. The number of nitriles is 1. The highest BCUT2D eigenvalue weighted by atomic mass is 16.5. The molecule has 3 heterocycles. The molecule has 1 aromatic heterocycles. The van der Waals surface area contributed by atoms with Crippen molar-refractivity contribution in [1.82, 2.24) is 36.1 Å². The van der Waals surface area contributed by atoms with Crippen LogP contribution in [0.4, 0.5) is 0 Å². The van der Waals surface area contributed by atoms with Crippen molar-refractivity contribution in [2.75, 3.05) is 39.9 Å².